The van der Waals surface area contributed by atoms with Gasteiger partial charge in [0, 0.05) is 21.9 Å². The molecule has 44 heavy (non-hydrogen) atoms. The van der Waals surface area contributed by atoms with E-state index in [9.17, 15) is 42.1 Å². The van der Waals surface area contributed by atoms with Gasteiger partial charge >= 0.3 is 0 Å². The van der Waals surface area contributed by atoms with Crippen LogP contribution in [0.5, 0.6) is 0 Å². The molecule has 0 fully saturated rings. The van der Waals surface area contributed by atoms with Crippen molar-refractivity contribution in [2.45, 2.75) is 0 Å². The van der Waals surface area contributed by atoms with E-state index >= 15 is 0 Å². The summed E-state index contributed by atoms with van der Waals surface area (Å²) in [6, 6.07) is 21.1. The summed E-state index contributed by atoms with van der Waals surface area (Å²) in [6.45, 7) is 0. The molecule has 0 amide bonds. The average Bonchev–Trinajstić information content (AvgIpc) is 3.09. The van der Waals surface area contributed by atoms with Gasteiger partial charge in [-0.25, -0.2) is 9.97 Å². The normalized spacial score (nSPS) is 12.5. The number of benzene rings is 3. The first-order valence-electron chi connectivity index (χ1n) is 14.2. The molecule has 0 aliphatic rings. The van der Waals surface area contributed by atoms with Crippen molar-refractivity contribution in [1.29, 1.82) is 42.1 Å². The molecule has 0 saturated heterocycles. The van der Waals surface area contributed by atoms with Gasteiger partial charge in [-0.3, -0.25) is 0 Å². The first kappa shape index (κ1) is 22.9. The Kier molecular flexibility index (Phi) is 5.89. The van der Waals surface area contributed by atoms with Crippen molar-refractivity contribution < 1.29 is 5.48 Å². The highest BCUT2D eigenvalue weighted by molar-refractivity contribution is 6.03. The van der Waals surface area contributed by atoms with E-state index in [1.165, 1.54) is 12.1 Å². The van der Waals surface area contributed by atoms with E-state index in [0.29, 0.717) is 10.8 Å². The van der Waals surface area contributed by atoms with Crippen LogP contribution in [0, 0.1) is 90.6 Å². The molecular formula is C34H10N10. The fourth-order valence-corrected chi connectivity index (χ4v) is 4.54. The Bertz CT molecular complexity index is 2550. The minimum absolute atomic E-state index is 0.0611. The number of rotatable bonds is 2. The van der Waals surface area contributed by atoms with Crippen LogP contribution in [0.1, 0.15) is 50.0 Å². The Balaban J connectivity index is 1.96. The number of nitrogens with zero attached hydrogens (tertiary/aromatic N) is 10. The summed E-state index contributed by atoms with van der Waals surface area (Å²) in [5, 5.41) is 79.7. The summed E-state index contributed by atoms with van der Waals surface area (Å²) in [7, 11) is 0. The number of hydrogen-bond donors (Lipinski definition) is 0. The van der Waals surface area contributed by atoms with Crippen molar-refractivity contribution in [3.63, 3.8) is 0 Å². The largest absolute Gasteiger partial charge is 0.245 e. The Morgan fingerprint density at radius 1 is 0.477 bits per heavy atom. The Labute approximate surface area is 254 Å². The fraction of sp³-hybridized carbons (Fsp3) is 0. The van der Waals surface area contributed by atoms with Crippen LogP contribution in [0.4, 0.5) is 0 Å². The highest BCUT2D eigenvalue weighted by atomic mass is 14.8. The van der Waals surface area contributed by atoms with Crippen LogP contribution in [-0.2, 0) is 0 Å². The lowest BCUT2D eigenvalue weighted by atomic mass is 9.93. The maximum Gasteiger partial charge on any atom is 0.102 e. The van der Waals surface area contributed by atoms with Crippen molar-refractivity contribution >= 4 is 33.0 Å². The summed E-state index contributed by atoms with van der Waals surface area (Å²) in [5.41, 5.74) is -3.79. The van der Waals surface area contributed by atoms with Gasteiger partial charge in [0.05, 0.1) is 108 Å². The third-order valence-corrected chi connectivity index (χ3v) is 6.43. The van der Waals surface area contributed by atoms with Gasteiger partial charge in [0.2, 0.25) is 0 Å². The summed E-state index contributed by atoms with van der Waals surface area (Å²) in [5.74, 6) is 0. The zero-order chi connectivity index (χ0) is 34.9. The lowest BCUT2D eigenvalue weighted by Crippen LogP contribution is -2.15. The van der Waals surface area contributed by atoms with Crippen LogP contribution in [-0.4, -0.2) is 9.97 Å². The van der Waals surface area contributed by atoms with E-state index in [2.05, 4.69) is 9.97 Å². The van der Waals surface area contributed by atoms with Crippen molar-refractivity contribution in [2.75, 3.05) is 0 Å². The first-order chi connectivity index (χ1) is 23.1. The number of pyridine rings is 2. The molecule has 10 heteroatoms. The smallest absolute Gasteiger partial charge is 0.102 e. The van der Waals surface area contributed by atoms with E-state index in [1.54, 1.807) is 60.7 Å². The van der Waals surface area contributed by atoms with Crippen LogP contribution in [0.15, 0.2) is 60.6 Å². The molecule has 0 atom stereocenters. The zero-order valence-corrected chi connectivity index (χ0v) is 21.9. The molecule has 0 spiro atoms. The van der Waals surface area contributed by atoms with Gasteiger partial charge in [0.25, 0.3) is 0 Å². The molecule has 196 valence electrons. The van der Waals surface area contributed by atoms with Crippen molar-refractivity contribution in [1.82, 2.24) is 9.97 Å². The fourth-order valence-electron chi connectivity index (χ4n) is 4.54. The molecule has 5 rings (SSSR count). The Hall–Kier alpha value is -7.86. The summed E-state index contributed by atoms with van der Waals surface area (Å²) >= 11 is 0. The van der Waals surface area contributed by atoms with Crippen LogP contribution in [0.2, 0.25) is 0 Å². The lowest BCUT2D eigenvalue weighted by Gasteiger charge is -2.08. The van der Waals surface area contributed by atoms with Gasteiger partial charge in [-0.05, 0) is 36.3 Å². The van der Waals surface area contributed by atoms with Crippen LogP contribution >= 0.6 is 0 Å². The Morgan fingerprint density at radius 3 is 1.07 bits per heavy atom. The van der Waals surface area contributed by atoms with Gasteiger partial charge in [0.15, 0.2) is 0 Å². The van der Waals surface area contributed by atoms with E-state index in [1.807, 2.05) is 12.1 Å². The van der Waals surface area contributed by atoms with Crippen LogP contribution < -0.4 is 10.7 Å². The summed E-state index contributed by atoms with van der Waals surface area (Å²) in [4.78, 5) is 9.20. The van der Waals surface area contributed by atoms with Crippen molar-refractivity contribution in [3.05, 3.63) is 116 Å². The zero-order valence-electron chi connectivity index (χ0n) is 25.9. The van der Waals surface area contributed by atoms with Gasteiger partial charge < -0.3 is 0 Å². The number of nitriles is 8. The molecule has 0 saturated carbocycles. The SMILES string of the molecule is [2H]c1c(C#N)c([2H])c(C#N)c(/C(C#N)=c2\ccc3ccc4cc/c(=C(/C#N)c5c(C#N)c([2H])c(C#N)c([2H])c5C#N)nc4c3n2)c1C#N. The highest BCUT2D eigenvalue weighted by Crippen LogP contribution is 2.26. The summed E-state index contributed by atoms with van der Waals surface area (Å²) in [6.07, 6.45) is 0. The van der Waals surface area contributed by atoms with Crippen molar-refractivity contribution in [2.24, 2.45) is 0 Å². The molecule has 0 unspecified atom stereocenters. The first-order valence-corrected chi connectivity index (χ1v) is 12.2. The minimum atomic E-state index is -0.619. The molecule has 0 N–H and O–H groups in total. The highest BCUT2D eigenvalue weighted by Gasteiger charge is 2.19. The molecule has 2 heterocycles. The van der Waals surface area contributed by atoms with E-state index in [0.717, 1.165) is 0 Å². The Morgan fingerprint density at radius 2 is 0.795 bits per heavy atom. The molecule has 0 aliphatic heterocycles. The van der Waals surface area contributed by atoms with E-state index < -0.39 is 57.6 Å². The topological polar surface area (TPSA) is 216 Å². The predicted molar refractivity (Wildman–Crippen MR) is 154 cm³/mol. The second-order valence-corrected chi connectivity index (χ2v) is 8.75. The lowest BCUT2D eigenvalue weighted by molar-refractivity contribution is 1.26. The molecule has 0 bridgehead atoms. The second kappa shape index (κ2) is 11.3. The molecule has 0 aliphatic carbocycles. The predicted octanol–water partition coefficient (Wildman–Crippen LogP) is 3.46. The average molecular weight is 563 g/mol. The molecule has 10 nitrogen and oxygen atoms in total. The second-order valence-electron chi connectivity index (χ2n) is 8.75. The van der Waals surface area contributed by atoms with Crippen LogP contribution in [0.25, 0.3) is 33.0 Å². The standard InChI is InChI=1S/C34H10N10/c35-11-19-7-23(13-37)31(24(8-19)14-38)27(17-41)29-5-3-21-1-2-22-4-6-30(44-34(22)33(21)43-29)28(18-42)32-25(15-39)9-20(12-36)10-26(32)16-40/h1-10H/b29-27+,30-28+/i7D,8D,9D,10D. The minimum Gasteiger partial charge on any atom is -0.245 e. The summed E-state index contributed by atoms with van der Waals surface area (Å²) < 4.78 is 33.2. The number of hydrogen-bond acceptors (Lipinski definition) is 10. The molecule has 0 radical (unpaired) electrons. The van der Waals surface area contributed by atoms with Gasteiger partial charge in [0.1, 0.15) is 12.1 Å². The van der Waals surface area contributed by atoms with Crippen LogP contribution in [0.3, 0.4) is 0 Å². The van der Waals surface area contributed by atoms with Gasteiger partial charge in [-0.2, -0.15) is 42.1 Å². The third-order valence-electron chi connectivity index (χ3n) is 6.43. The van der Waals surface area contributed by atoms with Gasteiger partial charge in [-0.1, -0.05) is 24.3 Å². The van der Waals surface area contributed by atoms with Crippen molar-refractivity contribution in [3.8, 4) is 48.6 Å². The van der Waals surface area contributed by atoms with E-state index in [4.69, 9.17) is 5.48 Å². The quantitative estimate of drug-likeness (QED) is 0.285. The molecular weight excluding hydrogens is 548 g/mol. The third kappa shape index (κ3) is 4.51. The monoisotopic (exact) mass is 562 g/mol. The maximum atomic E-state index is 10.2. The molecule has 3 aromatic carbocycles. The molecule has 5 aromatic rings. The maximum absolute atomic E-state index is 10.2. The molecule has 2 aromatic heterocycles. The van der Waals surface area contributed by atoms with E-state index in [-0.39, 0.29) is 44.0 Å². The number of aromatic nitrogens is 2. The number of fused-ring (bicyclic) bond motifs is 3. The van der Waals surface area contributed by atoms with Gasteiger partial charge in [-0.15, -0.1) is 0 Å².